The summed E-state index contributed by atoms with van der Waals surface area (Å²) in [5.74, 6) is 3.24. The molecule has 0 saturated carbocycles. The molecule has 0 saturated heterocycles. The molecule has 0 aliphatic carbocycles. The second kappa shape index (κ2) is 16.4. The van der Waals surface area contributed by atoms with Crippen LogP contribution in [0.3, 0.4) is 0 Å². The monoisotopic (exact) mass is 640 g/mol. The van der Waals surface area contributed by atoms with Crippen molar-refractivity contribution in [2.75, 3.05) is 45.5 Å². The van der Waals surface area contributed by atoms with Gasteiger partial charge in [-0.3, -0.25) is 9.69 Å². The number of ether oxygens (including phenoxy) is 5. The van der Waals surface area contributed by atoms with Crippen molar-refractivity contribution in [1.82, 2.24) is 15.3 Å². The Morgan fingerprint density at radius 1 is 0.894 bits per heavy atom. The summed E-state index contributed by atoms with van der Waals surface area (Å²) in [6.07, 6.45) is 6.56. The Labute approximate surface area is 275 Å². The van der Waals surface area contributed by atoms with Crippen molar-refractivity contribution < 1.29 is 33.3 Å². The van der Waals surface area contributed by atoms with E-state index in [0.29, 0.717) is 46.9 Å². The third-order valence-corrected chi connectivity index (χ3v) is 6.74. The zero-order valence-electron chi connectivity index (χ0n) is 27.3. The van der Waals surface area contributed by atoms with Crippen LogP contribution in [0, 0.1) is 12.3 Å². The van der Waals surface area contributed by atoms with Crippen LogP contribution in [0.25, 0.3) is 10.9 Å². The molecule has 1 aromatic heterocycles. The van der Waals surface area contributed by atoms with Crippen LogP contribution in [0.2, 0.25) is 0 Å². The molecule has 0 aliphatic rings. The Hall–Kier alpha value is -5.18. The summed E-state index contributed by atoms with van der Waals surface area (Å²) < 4.78 is 27.8. The van der Waals surface area contributed by atoms with Crippen LogP contribution in [0.5, 0.6) is 11.5 Å². The highest BCUT2D eigenvalue weighted by molar-refractivity contribution is 6.09. The number of methoxy groups -OCH3 is 2. The number of amides is 2. The molecular formula is C36H40N4O7. The Balaban J connectivity index is 1.88. The lowest BCUT2D eigenvalue weighted by Gasteiger charge is -2.29. The molecule has 11 heteroatoms. The summed E-state index contributed by atoms with van der Waals surface area (Å²) in [7, 11) is 3.17. The molecular weight excluding hydrogens is 600 g/mol. The normalized spacial score (nSPS) is 11.7. The molecule has 4 aromatic rings. The van der Waals surface area contributed by atoms with Crippen molar-refractivity contribution in [3.63, 3.8) is 0 Å². The summed E-state index contributed by atoms with van der Waals surface area (Å²) in [6.45, 7) is 6.50. The van der Waals surface area contributed by atoms with Gasteiger partial charge in [-0.05, 0) is 50.6 Å². The molecule has 1 N–H and O–H groups in total. The molecule has 47 heavy (non-hydrogen) atoms. The van der Waals surface area contributed by atoms with Crippen LogP contribution in [-0.4, -0.2) is 74.3 Å². The number of carbonyl (C=O) groups is 2. The molecule has 4 rings (SSSR count). The van der Waals surface area contributed by atoms with E-state index >= 15 is 0 Å². The molecule has 0 radical (unpaired) electrons. The Kier molecular flexibility index (Phi) is 12.1. The summed E-state index contributed by atoms with van der Waals surface area (Å²) >= 11 is 0. The van der Waals surface area contributed by atoms with Crippen LogP contribution in [0.1, 0.15) is 31.9 Å². The molecule has 1 heterocycles. The van der Waals surface area contributed by atoms with Crippen molar-refractivity contribution in [3.8, 4) is 23.8 Å². The van der Waals surface area contributed by atoms with Gasteiger partial charge in [-0.1, -0.05) is 42.3 Å². The van der Waals surface area contributed by atoms with Gasteiger partial charge in [-0.15, -0.1) is 6.42 Å². The summed E-state index contributed by atoms with van der Waals surface area (Å²) in [6, 6.07) is 18.7. The average molecular weight is 641 g/mol. The van der Waals surface area contributed by atoms with E-state index in [4.69, 9.17) is 30.1 Å². The van der Waals surface area contributed by atoms with Crippen molar-refractivity contribution in [2.24, 2.45) is 0 Å². The lowest BCUT2D eigenvalue weighted by Crippen LogP contribution is -2.50. The van der Waals surface area contributed by atoms with Gasteiger partial charge in [0, 0.05) is 37.7 Å². The standard InChI is InChI=1S/C36H40N4O7/c1-7-25-14-11-15-27(20-25)40(34(41)30(21-26-12-9-8-10-13-26)39-35(42)47-36(2,3)4)33-28-22-31(45-18-16-43-5)32(46-19-17-44-6)23-29(28)37-24-38-33/h1,8-15,20,22-24,30H,16-19,21H2,2-6H3,(H,39,42)/t30-/m0/s1. The van der Waals surface area contributed by atoms with Gasteiger partial charge in [-0.2, -0.15) is 0 Å². The highest BCUT2D eigenvalue weighted by Crippen LogP contribution is 2.38. The minimum Gasteiger partial charge on any atom is -0.487 e. The predicted octanol–water partition coefficient (Wildman–Crippen LogP) is 5.46. The number of fused-ring (bicyclic) bond motifs is 1. The van der Waals surface area contributed by atoms with Gasteiger partial charge in [0.05, 0.1) is 24.4 Å². The molecule has 0 spiro atoms. The van der Waals surface area contributed by atoms with E-state index in [9.17, 15) is 9.59 Å². The number of rotatable bonds is 14. The predicted molar refractivity (Wildman–Crippen MR) is 179 cm³/mol. The highest BCUT2D eigenvalue weighted by Gasteiger charge is 2.32. The third-order valence-electron chi connectivity index (χ3n) is 6.74. The lowest BCUT2D eigenvalue weighted by molar-refractivity contribution is -0.120. The fourth-order valence-electron chi connectivity index (χ4n) is 4.67. The first-order chi connectivity index (χ1) is 22.6. The zero-order chi connectivity index (χ0) is 33.8. The van der Waals surface area contributed by atoms with Crippen molar-refractivity contribution >= 4 is 34.4 Å². The number of hydrogen-bond donors (Lipinski definition) is 1. The van der Waals surface area contributed by atoms with Crippen LogP contribution in [0.15, 0.2) is 73.1 Å². The molecule has 0 unspecified atom stereocenters. The number of nitrogens with one attached hydrogen (secondary N) is 1. The topological polar surface area (TPSA) is 121 Å². The third kappa shape index (κ3) is 9.66. The minimum absolute atomic E-state index is 0.177. The fourth-order valence-corrected chi connectivity index (χ4v) is 4.67. The highest BCUT2D eigenvalue weighted by atomic mass is 16.6. The molecule has 0 fully saturated rings. The molecule has 0 bridgehead atoms. The van der Waals surface area contributed by atoms with Gasteiger partial charge < -0.3 is 29.0 Å². The van der Waals surface area contributed by atoms with Crippen molar-refractivity contribution in [2.45, 2.75) is 38.8 Å². The van der Waals surface area contributed by atoms with E-state index in [1.807, 2.05) is 30.3 Å². The Bertz CT molecular complexity index is 1700. The number of nitrogens with zero attached hydrogens (tertiary/aromatic N) is 3. The number of carbonyl (C=O) groups excluding carboxylic acids is 2. The fraction of sp³-hybridized carbons (Fsp3) is 0.333. The van der Waals surface area contributed by atoms with E-state index in [-0.39, 0.29) is 25.5 Å². The second-order valence-electron chi connectivity index (χ2n) is 11.5. The molecule has 246 valence electrons. The molecule has 3 aromatic carbocycles. The van der Waals surface area contributed by atoms with Crippen LogP contribution in [-0.2, 0) is 25.4 Å². The smallest absolute Gasteiger partial charge is 0.408 e. The first-order valence-corrected chi connectivity index (χ1v) is 15.1. The minimum atomic E-state index is -1.05. The number of hydrogen-bond acceptors (Lipinski definition) is 9. The van der Waals surface area contributed by atoms with Crippen LogP contribution >= 0.6 is 0 Å². The summed E-state index contributed by atoms with van der Waals surface area (Å²) in [5, 5.41) is 3.29. The Morgan fingerprint density at radius 3 is 2.21 bits per heavy atom. The van der Waals surface area contributed by atoms with Gasteiger partial charge in [0.1, 0.15) is 31.2 Å². The molecule has 2 amide bonds. The maximum atomic E-state index is 14.8. The van der Waals surface area contributed by atoms with Crippen molar-refractivity contribution in [3.05, 3.63) is 84.2 Å². The largest absolute Gasteiger partial charge is 0.487 e. The number of alkyl carbamates (subject to hydrolysis) is 1. The quantitative estimate of drug-likeness (QED) is 0.141. The van der Waals surface area contributed by atoms with Crippen LogP contribution in [0.4, 0.5) is 16.3 Å². The number of anilines is 2. The molecule has 1 atom stereocenters. The first-order valence-electron chi connectivity index (χ1n) is 15.1. The van der Waals surface area contributed by atoms with Gasteiger partial charge in [0.25, 0.3) is 5.91 Å². The van der Waals surface area contributed by atoms with Gasteiger partial charge in [0.2, 0.25) is 0 Å². The number of benzene rings is 3. The average Bonchev–Trinajstić information content (AvgIpc) is 3.04. The second-order valence-corrected chi connectivity index (χ2v) is 11.5. The molecule has 11 nitrogen and oxygen atoms in total. The zero-order valence-corrected chi connectivity index (χ0v) is 27.3. The van der Waals surface area contributed by atoms with Gasteiger partial charge in [-0.25, -0.2) is 14.8 Å². The SMILES string of the molecule is C#Cc1cccc(N(C(=O)[C@H](Cc2ccccc2)NC(=O)OC(C)(C)C)c2ncnc3cc(OCCOC)c(OCCOC)cc23)c1. The van der Waals surface area contributed by atoms with Crippen molar-refractivity contribution in [1.29, 1.82) is 0 Å². The van der Waals surface area contributed by atoms with Crippen LogP contribution < -0.4 is 19.7 Å². The van der Waals surface area contributed by atoms with Gasteiger partial charge >= 0.3 is 6.09 Å². The summed E-state index contributed by atoms with van der Waals surface area (Å²) in [4.78, 5) is 38.4. The maximum Gasteiger partial charge on any atom is 0.408 e. The van der Waals surface area contributed by atoms with Gasteiger partial charge in [0.15, 0.2) is 17.3 Å². The first kappa shape index (κ1) is 34.7. The van der Waals surface area contributed by atoms with E-state index in [1.54, 1.807) is 71.4 Å². The Morgan fingerprint density at radius 2 is 1.57 bits per heavy atom. The van der Waals surface area contributed by atoms with E-state index in [2.05, 4.69) is 21.2 Å². The number of aromatic nitrogens is 2. The number of terminal acetylenes is 1. The maximum absolute atomic E-state index is 14.8. The van der Waals surface area contributed by atoms with E-state index in [1.165, 1.54) is 11.2 Å². The summed E-state index contributed by atoms with van der Waals surface area (Å²) in [5.41, 5.74) is 1.54. The molecule has 0 aliphatic heterocycles. The van der Waals surface area contributed by atoms with E-state index < -0.39 is 23.6 Å². The lowest BCUT2D eigenvalue weighted by atomic mass is 10.0. The van der Waals surface area contributed by atoms with E-state index in [0.717, 1.165) is 5.56 Å².